The summed E-state index contributed by atoms with van der Waals surface area (Å²) in [5.74, 6) is -0.0919. The molecule has 0 spiro atoms. The first-order valence-electron chi connectivity index (χ1n) is 17.1. The number of carbonyl (C=O) groups excluding carboxylic acids is 3. The Balaban J connectivity index is 1.21. The Labute approximate surface area is 289 Å². The van der Waals surface area contributed by atoms with Gasteiger partial charge in [-0.15, -0.1) is 0 Å². The van der Waals surface area contributed by atoms with Gasteiger partial charge in [-0.3, -0.25) is 14.8 Å². The molecule has 1 unspecified atom stereocenters. The molecule has 4 N–H and O–H groups in total. The van der Waals surface area contributed by atoms with Crippen LogP contribution in [0.3, 0.4) is 0 Å². The normalized spacial score (nSPS) is 16.2. The molecule has 1 aromatic heterocycles. The lowest BCUT2D eigenvalue weighted by Crippen LogP contribution is -2.58. The van der Waals surface area contributed by atoms with Gasteiger partial charge < -0.3 is 25.8 Å². The van der Waals surface area contributed by atoms with Crippen molar-refractivity contribution in [2.24, 2.45) is 5.73 Å². The smallest absolute Gasteiger partial charge is 0.318 e. The molecule has 2 aliphatic heterocycles. The summed E-state index contributed by atoms with van der Waals surface area (Å²) in [5.41, 5.74) is 10.0. The quantitative estimate of drug-likeness (QED) is 0.297. The van der Waals surface area contributed by atoms with Crippen molar-refractivity contribution in [3.05, 3.63) is 120 Å². The van der Waals surface area contributed by atoms with Crippen LogP contribution in [0.1, 0.15) is 35.1 Å². The van der Waals surface area contributed by atoms with Crippen LogP contribution in [0.15, 0.2) is 97.3 Å². The van der Waals surface area contributed by atoms with Gasteiger partial charge >= 0.3 is 12.1 Å². The Morgan fingerprint density at radius 2 is 1.63 bits per heavy atom. The second-order valence-corrected chi connectivity index (χ2v) is 12.6. The minimum Gasteiger partial charge on any atom is -0.351 e. The average Bonchev–Trinajstić information content (AvgIpc) is 3.25. The van der Waals surface area contributed by atoms with Gasteiger partial charge in [-0.25, -0.2) is 9.59 Å². The molecule has 2 saturated heterocycles. The van der Waals surface area contributed by atoms with Gasteiger partial charge in [0, 0.05) is 77.2 Å². The molecule has 1 atom stereocenters. The predicted octanol–water partition coefficient (Wildman–Crippen LogP) is 4.37. The molecule has 0 saturated carbocycles. The summed E-state index contributed by atoms with van der Waals surface area (Å²) in [6.45, 7) is 6.87. The van der Waals surface area contributed by atoms with Gasteiger partial charge in [0.05, 0.1) is 0 Å². The topological polar surface area (TPSA) is 131 Å². The summed E-state index contributed by atoms with van der Waals surface area (Å²) < 4.78 is 0. The van der Waals surface area contributed by atoms with Crippen molar-refractivity contribution >= 4 is 24.0 Å². The number of aromatic amines is 1. The van der Waals surface area contributed by atoms with E-state index in [4.69, 9.17) is 5.73 Å². The third-order valence-electron chi connectivity index (χ3n) is 9.30. The molecule has 0 aliphatic carbocycles. The highest BCUT2D eigenvalue weighted by molar-refractivity contribution is 5.87. The van der Waals surface area contributed by atoms with E-state index in [0.717, 1.165) is 41.9 Å². The summed E-state index contributed by atoms with van der Waals surface area (Å²) in [4.78, 5) is 47.8. The molecule has 11 heteroatoms. The van der Waals surface area contributed by atoms with E-state index in [1.165, 1.54) is 0 Å². The summed E-state index contributed by atoms with van der Waals surface area (Å²) in [7, 11) is 0. The van der Waals surface area contributed by atoms with E-state index in [1.54, 1.807) is 22.2 Å². The van der Waals surface area contributed by atoms with E-state index in [2.05, 4.69) is 44.7 Å². The molecule has 3 aromatic rings. The number of primary amides is 1. The molecular formula is C38H48N8O3. The number of nitrogens with zero attached hydrogens (tertiary/aromatic N) is 5. The Morgan fingerprint density at radius 3 is 2.37 bits per heavy atom. The Kier molecular flexibility index (Phi) is 12.8. The summed E-state index contributed by atoms with van der Waals surface area (Å²) in [6, 6.07) is 24.1. The number of amides is 5. The van der Waals surface area contributed by atoms with E-state index in [9.17, 15) is 14.4 Å². The number of carbonyl (C=O) groups is 3. The molecule has 5 amide bonds. The Bertz CT molecular complexity index is 1590. The van der Waals surface area contributed by atoms with E-state index in [1.807, 2.05) is 78.6 Å². The van der Waals surface area contributed by atoms with Gasteiger partial charge in [-0.2, -0.15) is 5.10 Å². The van der Waals surface area contributed by atoms with E-state index in [-0.39, 0.29) is 18.0 Å². The zero-order valence-corrected chi connectivity index (χ0v) is 28.3. The molecule has 2 aromatic carbocycles. The number of aryl methyl sites for hydroxylation is 1. The van der Waals surface area contributed by atoms with E-state index >= 15 is 0 Å². The van der Waals surface area contributed by atoms with E-state index < -0.39 is 12.1 Å². The van der Waals surface area contributed by atoms with Crippen molar-refractivity contribution in [3.8, 4) is 0 Å². The fourth-order valence-corrected chi connectivity index (χ4v) is 6.39. The van der Waals surface area contributed by atoms with Crippen LogP contribution in [-0.2, 0) is 17.8 Å². The molecule has 2 fully saturated rings. The number of H-pyrrole nitrogens is 1. The van der Waals surface area contributed by atoms with Crippen LogP contribution in [0.5, 0.6) is 0 Å². The lowest BCUT2D eigenvalue weighted by atomic mass is 10.0. The number of rotatable bonds is 10. The fourth-order valence-electron chi connectivity index (χ4n) is 6.39. The van der Waals surface area contributed by atoms with Crippen molar-refractivity contribution in [2.75, 3.05) is 45.8 Å². The average molecular weight is 665 g/mol. The van der Waals surface area contributed by atoms with E-state index in [0.29, 0.717) is 52.0 Å². The number of aromatic nitrogens is 2. The molecule has 258 valence electrons. The number of nitrogens with one attached hydrogen (secondary N) is 2. The highest BCUT2D eigenvalue weighted by atomic mass is 16.2. The molecule has 11 nitrogen and oxygen atoms in total. The third kappa shape index (κ3) is 10.4. The molecule has 49 heavy (non-hydrogen) atoms. The maximum Gasteiger partial charge on any atom is 0.318 e. The Morgan fingerprint density at radius 1 is 0.918 bits per heavy atom. The molecule has 0 bridgehead atoms. The number of nitrogens with two attached hydrogens (primary N) is 1. The van der Waals surface area contributed by atoms with Crippen molar-refractivity contribution in [1.82, 2.24) is 35.1 Å². The standard InChI is InChI=1S/C38H48N8O3/c1-30-10-5-6-16-33(30)29-46(37(39)48)34-17-22-45(23-18-34)38(49)42-35(28-32-13-7-19-40-41-20-8-14-32)36(47)44-26-24-43(25-27-44)21-9-15-31-11-3-2-4-12-31/h2-16,19-20,34-35,40H,17-18,21-29H2,1H3,(H2,39,48)(H,42,49)/b14-8?,15-9+,19-7?,32-13?,41-20?. The molecular weight excluding hydrogens is 616 g/mol. The first-order valence-corrected chi connectivity index (χ1v) is 17.1. The molecule has 3 heterocycles. The van der Waals surface area contributed by atoms with Crippen molar-refractivity contribution in [3.63, 3.8) is 0 Å². The largest absolute Gasteiger partial charge is 0.351 e. The molecule has 2 aliphatic rings. The number of likely N-dealkylation sites (tertiary alicyclic amines) is 1. The van der Waals surface area contributed by atoms with Gasteiger partial charge in [0.2, 0.25) is 5.91 Å². The summed E-state index contributed by atoms with van der Waals surface area (Å²) >= 11 is 0. The van der Waals surface area contributed by atoms with Gasteiger partial charge in [0.1, 0.15) is 6.04 Å². The number of hydrogen-bond acceptors (Lipinski definition) is 5. The maximum atomic E-state index is 14.0. The van der Waals surface area contributed by atoms with Crippen LogP contribution < -0.4 is 11.1 Å². The second-order valence-electron chi connectivity index (χ2n) is 12.6. The fraction of sp³-hybridized carbons (Fsp3) is 0.368. The van der Waals surface area contributed by atoms with Crippen molar-refractivity contribution in [1.29, 1.82) is 0 Å². The van der Waals surface area contributed by atoms with Crippen LogP contribution in [0.25, 0.3) is 6.08 Å². The van der Waals surface area contributed by atoms with Crippen molar-refractivity contribution in [2.45, 2.75) is 44.8 Å². The number of piperidine rings is 1. The van der Waals surface area contributed by atoms with Crippen LogP contribution in [-0.4, -0.2) is 106 Å². The first-order chi connectivity index (χ1) is 23.9. The second kappa shape index (κ2) is 17.8. The minimum absolute atomic E-state index is 0.0753. The highest BCUT2D eigenvalue weighted by Gasteiger charge is 2.33. The zero-order chi connectivity index (χ0) is 34.4. The van der Waals surface area contributed by atoms with Gasteiger partial charge in [0.25, 0.3) is 0 Å². The van der Waals surface area contributed by atoms with Crippen LogP contribution >= 0.6 is 0 Å². The van der Waals surface area contributed by atoms with Crippen LogP contribution in [0.2, 0.25) is 0 Å². The molecule has 0 radical (unpaired) electrons. The minimum atomic E-state index is -0.743. The lowest BCUT2D eigenvalue weighted by molar-refractivity contribution is -0.135. The number of piperazine rings is 1. The Hall–Kier alpha value is -5.16. The maximum absolute atomic E-state index is 14.0. The SMILES string of the molecule is Cc1ccccc1CN(C(N)=O)C1CCN(C(=O)NC(Cc2cccn[nH]ccc2)C(=O)N2CCN(C/C=C/c3ccccc3)CC2)CC1. The number of hydrogen-bond donors (Lipinski definition) is 3. The van der Waals surface area contributed by atoms with Gasteiger partial charge in [0.15, 0.2) is 0 Å². The lowest BCUT2D eigenvalue weighted by Gasteiger charge is -2.39. The third-order valence-corrected chi connectivity index (χ3v) is 9.30. The van der Waals surface area contributed by atoms with Gasteiger partial charge in [-0.05, 0) is 54.2 Å². The van der Waals surface area contributed by atoms with Crippen LogP contribution in [0.4, 0.5) is 9.59 Å². The monoisotopic (exact) mass is 664 g/mol. The number of urea groups is 2. The predicted molar refractivity (Wildman–Crippen MR) is 192 cm³/mol. The van der Waals surface area contributed by atoms with Crippen LogP contribution in [0, 0.1) is 6.92 Å². The molecule has 5 rings (SSSR count). The summed E-state index contributed by atoms with van der Waals surface area (Å²) in [5, 5.41) is 9.94. The first kappa shape index (κ1) is 35.2. The highest BCUT2D eigenvalue weighted by Crippen LogP contribution is 2.21. The number of benzene rings is 2. The van der Waals surface area contributed by atoms with Gasteiger partial charge in [-0.1, -0.05) is 78.9 Å². The van der Waals surface area contributed by atoms with Crippen molar-refractivity contribution < 1.29 is 14.4 Å². The summed E-state index contributed by atoms with van der Waals surface area (Å²) in [6.07, 6.45) is 9.17. The zero-order valence-electron chi connectivity index (χ0n) is 28.3.